The summed E-state index contributed by atoms with van der Waals surface area (Å²) in [5.41, 5.74) is 1.95. The van der Waals surface area contributed by atoms with Gasteiger partial charge in [0.05, 0.1) is 11.8 Å². The van der Waals surface area contributed by atoms with E-state index in [0.29, 0.717) is 18.0 Å². The van der Waals surface area contributed by atoms with Gasteiger partial charge in [0.1, 0.15) is 5.76 Å². The molecule has 2 N–H and O–H groups in total. The number of rotatable bonds is 5. The molecule has 1 aromatic heterocycles. The first kappa shape index (κ1) is 16.6. The van der Waals surface area contributed by atoms with E-state index in [1.54, 1.807) is 13.0 Å². The molecule has 2 unspecified atom stereocenters. The number of nitrogens with zero attached hydrogens (tertiary/aromatic N) is 2. The summed E-state index contributed by atoms with van der Waals surface area (Å²) in [5.74, 6) is 0.106. The molecule has 0 spiro atoms. The van der Waals surface area contributed by atoms with Gasteiger partial charge in [0.25, 0.3) is 0 Å². The second-order valence-electron chi connectivity index (χ2n) is 6.99. The Morgan fingerprint density at radius 1 is 1.08 bits per heavy atom. The highest BCUT2D eigenvalue weighted by molar-refractivity contribution is 6.03. The summed E-state index contributed by atoms with van der Waals surface area (Å²) in [5, 5.41) is 9.32. The maximum absolute atomic E-state index is 12.4. The molecule has 2 aliphatic rings. The topological polar surface area (TPSA) is 87.5 Å². The van der Waals surface area contributed by atoms with E-state index in [9.17, 15) is 9.59 Å². The van der Waals surface area contributed by atoms with Crippen molar-refractivity contribution in [3.63, 3.8) is 0 Å². The lowest BCUT2D eigenvalue weighted by Gasteiger charge is -2.17. The molecular formula is C19H22N4O3. The van der Waals surface area contributed by atoms with Crippen LogP contribution in [0.2, 0.25) is 0 Å². The molecule has 2 heterocycles. The normalized spacial score (nSPS) is 21.5. The third-order valence-corrected chi connectivity index (χ3v) is 4.95. The van der Waals surface area contributed by atoms with Crippen LogP contribution in [0.3, 0.4) is 0 Å². The van der Waals surface area contributed by atoms with Gasteiger partial charge in [-0.15, -0.1) is 0 Å². The van der Waals surface area contributed by atoms with Gasteiger partial charge < -0.3 is 20.1 Å². The number of aromatic nitrogens is 1. The molecule has 2 amide bonds. The summed E-state index contributed by atoms with van der Waals surface area (Å²) >= 11 is 0. The van der Waals surface area contributed by atoms with Crippen LogP contribution < -0.4 is 15.5 Å². The monoisotopic (exact) mass is 354 g/mol. The van der Waals surface area contributed by atoms with Crippen LogP contribution in [0, 0.1) is 18.8 Å². The average molecular weight is 354 g/mol. The van der Waals surface area contributed by atoms with Crippen molar-refractivity contribution in [3.05, 3.63) is 36.1 Å². The van der Waals surface area contributed by atoms with Crippen molar-refractivity contribution in [3.8, 4) is 0 Å². The molecule has 1 saturated heterocycles. The van der Waals surface area contributed by atoms with Gasteiger partial charge in [-0.25, -0.2) is 0 Å². The fraction of sp³-hybridized carbons (Fsp3) is 0.421. The Balaban J connectivity index is 1.29. The minimum atomic E-state index is -0.309. The van der Waals surface area contributed by atoms with E-state index in [1.165, 1.54) is 18.5 Å². The molecule has 0 radical (unpaired) electrons. The van der Waals surface area contributed by atoms with Crippen LogP contribution in [0.15, 0.2) is 34.9 Å². The largest absolute Gasteiger partial charge is 0.372 e. The van der Waals surface area contributed by atoms with E-state index < -0.39 is 0 Å². The molecule has 26 heavy (non-hydrogen) atoms. The van der Waals surface area contributed by atoms with Crippen molar-refractivity contribution in [1.82, 2.24) is 5.16 Å². The smallest absolute Gasteiger partial charge is 0.229 e. The van der Waals surface area contributed by atoms with Crippen molar-refractivity contribution in [2.45, 2.75) is 26.2 Å². The lowest BCUT2D eigenvalue weighted by Crippen LogP contribution is -2.21. The number of nitrogens with one attached hydrogen (secondary N) is 2. The average Bonchev–Trinajstić information content (AvgIpc) is 3.04. The third kappa shape index (κ3) is 3.56. The number of carbonyl (C=O) groups excluding carboxylic acids is 2. The Morgan fingerprint density at radius 2 is 1.73 bits per heavy atom. The van der Waals surface area contributed by atoms with Gasteiger partial charge >= 0.3 is 0 Å². The summed E-state index contributed by atoms with van der Waals surface area (Å²) in [6.45, 7) is 3.94. The molecule has 1 aliphatic heterocycles. The van der Waals surface area contributed by atoms with Crippen molar-refractivity contribution in [2.75, 3.05) is 28.6 Å². The summed E-state index contributed by atoms with van der Waals surface area (Å²) < 4.78 is 4.92. The Labute approximate surface area is 151 Å². The van der Waals surface area contributed by atoms with Crippen LogP contribution in [-0.4, -0.2) is 30.1 Å². The molecule has 0 bridgehead atoms. The first-order chi connectivity index (χ1) is 12.6. The standard InChI is InChI=1S/C19H22N4O3/c1-12-10-17(22-26-12)21-19(25)16-11-15(16)18(24)20-13-4-6-14(7-5-13)23-8-2-3-9-23/h4-7,10,15-16H,2-3,8-9,11H2,1H3,(H,20,24)(H,21,22,25). The van der Waals surface area contributed by atoms with Crippen LogP contribution in [0.5, 0.6) is 0 Å². The second kappa shape index (κ2) is 6.82. The van der Waals surface area contributed by atoms with Crippen molar-refractivity contribution < 1.29 is 14.1 Å². The lowest BCUT2D eigenvalue weighted by molar-refractivity contribution is -0.122. The highest BCUT2D eigenvalue weighted by atomic mass is 16.5. The highest BCUT2D eigenvalue weighted by Crippen LogP contribution is 2.40. The zero-order valence-electron chi connectivity index (χ0n) is 14.7. The van der Waals surface area contributed by atoms with E-state index in [1.807, 2.05) is 24.3 Å². The molecule has 1 aromatic carbocycles. The van der Waals surface area contributed by atoms with E-state index >= 15 is 0 Å². The highest BCUT2D eigenvalue weighted by Gasteiger charge is 2.48. The van der Waals surface area contributed by atoms with Crippen LogP contribution in [0.4, 0.5) is 17.2 Å². The molecule has 1 aliphatic carbocycles. The van der Waals surface area contributed by atoms with E-state index in [0.717, 1.165) is 18.8 Å². The number of benzene rings is 1. The Kier molecular flexibility index (Phi) is 4.36. The zero-order valence-corrected chi connectivity index (χ0v) is 14.7. The Bertz CT molecular complexity index is 808. The van der Waals surface area contributed by atoms with Crippen LogP contribution in [0.1, 0.15) is 25.0 Å². The predicted octanol–water partition coefficient (Wildman–Crippen LogP) is 2.80. The maximum atomic E-state index is 12.4. The van der Waals surface area contributed by atoms with Gasteiger partial charge in [0, 0.05) is 30.5 Å². The Hall–Kier alpha value is -2.83. The first-order valence-electron chi connectivity index (χ1n) is 9.00. The maximum Gasteiger partial charge on any atom is 0.229 e. The van der Waals surface area contributed by atoms with E-state index in [-0.39, 0.29) is 23.7 Å². The fourth-order valence-electron chi connectivity index (χ4n) is 3.38. The van der Waals surface area contributed by atoms with Crippen molar-refractivity contribution in [2.24, 2.45) is 11.8 Å². The Morgan fingerprint density at radius 3 is 2.35 bits per heavy atom. The van der Waals surface area contributed by atoms with Gasteiger partial charge in [-0.1, -0.05) is 5.16 Å². The SMILES string of the molecule is Cc1cc(NC(=O)C2CC2C(=O)Nc2ccc(N3CCCC3)cc2)no1. The molecule has 2 fully saturated rings. The molecule has 7 heteroatoms. The number of anilines is 3. The number of hydrogen-bond donors (Lipinski definition) is 2. The number of carbonyl (C=O) groups is 2. The van der Waals surface area contributed by atoms with Crippen molar-refractivity contribution >= 4 is 29.0 Å². The number of hydrogen-bond acceptors (Lipinski definition) is 5. The molecule has 2 aromatic rings. The fourth-order valence-corrected chi connectivity index (χ4v) is 3.38. The van der Waals surface area contributed by atoms with Gasteiger partial charge in [-0.05, 0) is 50.5 Å². The summed E-state index contributed by atoms with van der Waals surface area (Å²) in [6.07, 6.45) is 3.02. The van der Waals surface area contributed by atoms with Crippen LogP contribution in [0.25, 0.3) is 0 Å². The zero-order chi connectivity index (χ0) is 18.1. The van der Waals surface area contributed by atoms with Gasteiger partial charge in [0.15, 0.2) is 5.82 Å². The number of amides is 2. The third-order valence-electron chi connectivity index (χ3n) is 4.95. The quantitative estimate of drug-likeness (QED) is 0.862. The predicted molar refractivity (Wildman–Crippen MR) is 98.0 cm³/mol. The summed E-state index contributed by atoms with van der Waals surface area (Å²) in [7, 11) is 0. The lowest BCUT2D eigenvalue weighted by atomic mass is 10.2. The molecular weight excluding hydrogens is 332 g/mol. The summed E-state index contributed by atoms with van der Waals surface area (Å²) in [4.78, 5) is 26.9. The number of aryl methyl sites for hydroxylation is 1. The molecule has 1 saturated carbocycles. The molecule has 2 atom stereocenters. The first-order valence-corrected chi connectivity index (χ1v) is 9.00. The van der Waals surface area contributed by atoms with Crippen molar-refractivity contribution in [1.29, 1.82) is 0 Å². The second-order valence-corrected chi connectivity index (χ2v) is 6.99. The minimum absolute atomic E-state index is 0.115. The van der Waals surface area contributed by atoms with Gasteiger partial charge in [-0.2, -0.15) is 0 Å². The van der Waals surface area contributed by atoms with E-state index in [4.69, 9.17) is 4.52 Å². The van der Waals surface area contributed by atoms with Gasteiger partial charge in [0.2, 0.25) is 11.8 Å². The molecule has 7 nitrogen and oxygen atoms in total. The summed E-state index contributed by atoms with van der Waals surface area (Å²) in [6, 6.07) is 9.55. The van der Waals surface area contributed by atoms with Gasteiger partial charge in [-0.3, -0.25) is 9.59 Å². The molecule has 4 rings (SSSR count). The minimum Gasteiger partial charge on any atom is -0.372 e. The van der Waals surface area contributed by atoms with Crippen LogP contribution in [-0.2, 0) is 9.59 Å². The molecule has 136 valence electrons. The van der Waals surface area contributed by atoms with Crippen LogP contribution >= 0.6 is 0 Å². The van der Waals surface area contributed by atoms with E-state index in [2.05, 4.69) is 20.7 Å².